The number of anilines is 1. The molecule has 2 heterocycles. The van der Waals surface area contributed by atoms with E-state index >= 15 is 0 Å². The van der Waals surface area contributed by atoms with Gasteiger partial charge in [-0.05, 0) is 69.3 Å². The maximum Gasteiger partial charge on any atom is 0.407 e. The molecule has 0 saturated carbocycles. The number of nitrogen functional groups attached to an aromatic ring is 1. The topological polar surface area (TPSA) is 110 Å². The van der Waals surface area contributed by atoms with Crippen molar-refractivity contribution in [3.8, 4) is 22.3 Å². The molecule has 0 unspecified atom stereocenters. The molecule has 210 valence electrons. The number of carbonyl (C=O) groups excluding carboxylic acids is 1. The van der Waals surface area contributed by atoms with Crippen molar-refractivity contribution in [1.82, 2.24) is 15.3 Å². The average Bonchev–Trinajstić information content (AvgIpc) is 3.34. The number of aliphatic hydroxyl groups excluding tert-OH is 1. The quantitative estimate of drug-likeness (QED) is 0.176. The molecule has 4 N–H and O–H groups in total. The van der Waals surface area contributed by atoms with Crippen molar-refractivity contribution in [2.24, 2.45) is 0 Å². The molecule has 0 fully saturated rings. The first-order chi connectivity index (χ1) is 20.5. The Kier molecular flexibility index (Phi) is 8.10. The molecule has 0 bridgehead atoms. The molecule has 6 rings (SSSR count). The van der Waals surface area contributed by atoms with E-state index in [9.17, 15) is 9.90 Å². The zero-order valence-corrected chi connectivity index (χ0v) is 24.0. The smallest absolute Gasteiger partial charge is 0.407 e. The number of nitrogens with one attached hydrogen (secondary N) is 1. The number of hydrogen-bond acceptors (Lipinski definition) is 7. The van der Waals surface area contributed by atoms with Crippen LogP contribution in [-0.2, 0) is 17.9 Å². The fourth-order valence-electron chi connectivity index (χ4n) is 5.24. The van der Waals surface area contributed by atoms with E-state index in [-0.39, 0.29) is 25.7 Å². The van der Waals surface area contributed by atoms with E-state index in [1.165, 1.54) is 22.9 Å². The molecule has 1 aliphatic rings. The van der Waals surface area contributed by atoms with Gasteiger partial charge in [0.1, 0.15) is 17.5 Å². The van der Waals surface area contributed by atoms with Gasteiger partial charge in [0.15, 0.2) is 0 Å². The summed E-state index contributed by atoms with van der Waals surface area (Å²) >= 11 is 8.16. The normalized spacial score (nSPS) is 12.0. The van der Waals surface area contributed by atoms with Gasteiger partial charge in [-0.1, -0.05) is 78.0 Å². The highest BCUT2D eigenvalue weighted by atomic mass is 35.5. The van der Waals surface area contributed by atoms with Gasteiger partial charge < -0.3 is 20.9 Å². The second kappa shape index (κ2) is 12.2. The van der Waals surface area contributed by atoms with Gasteiger partial charge in [0.2, 0.25) is 0 Å². The lowest BCUT2D eigenvalue weighted by Crippen LogP contribution is -2.26. The number of fused-ring (bicyclic) bond motifs is 3. The maximum absolute atomic E-state index is 13.0. The molecule has 0 saturated heterocycles. The molecule has 0 spiro atoms. The monoisotopic (exact) mass is 594 g/mol. The number of rotatable bonds is 8. The van der Waals surface area contributed by atoms with Crippen molar-refractivity contribution in [1.29, 1.82) is 0 Å². The predicted octanol–water partition coefficient (Wildman–Crippen LogP) is 7.06. The molecule has 9 heteroatoms. The highest BCUT2D eigenvalue weighted by molar-refractivity contribution is 7.99. The summed E-state index contributed by atoms with van der Waals surface area (Å²) in [6, 6.07) is 27.4. The van der Waals surface area contributed by atoms with E-state index in [4.69, 9.17) is 22.1 Å². The van der Waals surface area contributed by atoms with Gasteiger partial charge >= 0.3 is 6.09 Å². The third-order valence-electron chi connectivity index (χ3n) is 7.22. The third kappa shape index (κ3) is 5.69. The number of pyridine rings is 2. The Hall–Kier alpha value is -4.37. The summed E-state index contributed by atoms with van der Waals surface area (Å²) in [5.74, 6) is 0.353. The summed E-state index contributed by atoms with van der Waals surface area (Å²) in [5, 5.41) is 13.8. The summed E-state index contributed by atoms with van der Waals surface area (Å²) in [6.07, 6.45) is 2.77. The maximum atomic E-state index is 13.0. The van der Waals surface area contributed by atoms with Crippen molar-refractivity contribution >= 4 is 35.3 Å². The standard InChI is InChI=1S/C33H27ClN4O3S/c34-29-15-22(20-11-13-36-30(35)16-20)14-23(31(29)42-32-21(18-39)6-5-12-37-32)17-38-33(40)41-19-28-26-9-3-1-7-24(26)25-8-2-4-10-27(25)28/h1-16,28,39H,17-19H2,(H2,35,36)(H,38,40). The minimum Gasteiger partial charge on any atom is -0.449 e. The van der Waals surface area contributed by atoms with Gasteiger partial charge in [0.05, 0.1) is 11.6 Å². The Balaban J connectivity index is 1.23. The zero-order chi connectivity index (χ0) is 29.1. The first-order valence-corrected chi connectivity index (χ1v) is 14.6. The van der Waals surface area contributed by atoms with Gasteiger partial charge in [-0.15, -0.1) is 0 Å². The lowest BCUT2D eigenvalue weighted by atomic mass is 9.98. The largest absolute Gasteiger partial charge is 0.449 e. The number of alkyl carbamates (subject to hydrolysis) is 1. The number of amides is 1. The Bertz CT molecular complexity index is 1740. The zero-order valence-electron chi connectivity index (χ0n) is 22.5. The molecule has 7 nitrogen and oxygen atoms in total. The Morgan fingerprint density at radius 1 is 0.905 bits per heavy atom. The lowest BCUT2D eigenvalue weighted by Gasteiger charge is -2.17. The molecule has 1 amide bonds. The number of ether oxygens (including phenoxy) is 1. The number of carbonyl (C=O) groups is 1. The van der Waals surface area contributed by atoms with E-state index < -0.39 is 6.09 Å². The molecular formula is C33H27ClN4O3S. The van der Waals surface area contributed by atoms with Gasteiger partial charge in [-0.3, -0.25) is 0 Å². The minimum absolute atomic E-state index is 0.0368. The molecule has 5 aromatic rings. The number of halogens is 1. The van der Waals surface area contributed by atoms with Crippen LogP contribution >= 0.6 is 23.4 Å². The van der Waals surface area contributed by atoms with Crippen LogP contribution in [0.25, 0.3) is 22.3 Å². The van der Waals surface area contributed by atoms with Gasteiger partial charge in [0, 0.05) is 35.3 Å². The van der Waals surface area contributed by atoms with Crippen LogP contribution < -0.4 is 11.1 Å². The van der Waals surface area contributed by atoms with Gasteiger partial charge in [0.25, 0.3) is 0 Å². The fourth-order valence-corrected chi connectivity index (χ4v) is 6.58. The van der Waals surface area contributed by atoms with Crippen LogP contribution in [0, 0.1) is 0 Å². The summed E-state index contributed by atoms with van der Waals surface area (Å²) in [7, 11) is 0. The molecule has 0 radical (unpaired) electrons. The van der Waals surface area contributed by atoms with Gasteiger partial charge in [-0.25, -0.2) is 14.8 Å². The molecule has 0 atom stereocenters. The highest BCUT2D eigenvalue weighted by Crippen LogP contribution is 2.44. The van der Waals surface area contributed by atoms with E-state index in [0.29, 0.717) is 21.4 Å². The van der Waals surface area contributed by atoms with E-state index in [1.807, 2.05) is 48.5 Å². The molecule has 2 aromatic heterocycles. The van der Waals surface area contributed by atoms with Crippen molar-refractivity contribution in [2.45, 2.75) is 29.0 Å². The van der Waals surface area contributed by atoms with Crippen molar-refractivity contribution in [3.63, 3.8) is 0 Å². The number of nitrogens with two attached hydrogens (primary N) is 1. The highest BCUT2D eigenvalue weighted by Gasteiger charge is 2.29. The number of nitrogens with zero attached hydrogens (tertiary/aromatic N) is 2. The van der Waals surface area contributed by atoms with E-state index in [2.05, 4.69) is 39.6 Å². The van der Waals surface area contributed by atoms with Crippen molar-refractivity contribution < 1.29 is 14.6 Å². The van der Waals surface area contributed by atoms with E-state index in [1.54, 1.807) is 24.5 Å². The molecular weight excluding hydrogens is 568 g/mol. The molecule has 1 aliphatic carbocycles. The minimum atomic E-state index is -0.531. The first kappa shape index (κ1) is 27.8. The summed E-state index contributed by atoms with van der Waals surface area (Å²) in [6.45, 7) is 0.219. The van der Waals surface area contributed by atoms with Crippen LogP contribution in [0.15, 0.2) is 107 Å². The average molecular weight is 595 g/mol. The van der Waals surface area contributed by atoms with Crippen LogP contribution in [0.3, 0.4) is 0 Å². The predicted molar refractivity (Wildman–Crippen MR) is 165 cm³/mol. The lowest BCUT2D eigenvalue weighted by molar-refractivity contribution is 0.142. The number of hydrogen-bond donors (Lipinski definition) is 3. The first-order valence-electron chi connectivity index (χ1n) is 13.4. The van der Waals surface area contributed by atoms with E-state index in [0.717, 1.165) is 32.7 Å². The Morgan fingerprint density at radius 2 is 1.64 bits per heavy atom. The van der Waals surface area contributed by atoms with Crippen LogP contribution in [0.4, 0.5) is 10.6 Å². The fraction of sp³-hybridized carbons (Fsp3) is 0.121. The summed E-state index contributed by atoms with van der Waals surface area (Å²) in [5.41, 5.74) is 13.7. The second-order valence-corrected chi connectivity index (χ2v) is 11.2. The van der Waals surface area contributed by atoms with Gasteiger partial charge in [-0.2, -0.15) is 0 Å². The third-order valence-corrected chi connectivity index (χ3v) is 8.88. The van der Waals surface area contributed by atoms with Crippen LogP contribution in [0.2, 0.25) is 5.02 Å². The van der Waals surface area contributed by atoms with Crippen LogP contribution in [0.5, 0.6) is 0 Å². The van der Waals surface area contributed by atoms with Crippen molar-refractivity contribution in [3.05, 3.63) is 125 Å². The summed E-state index contributed by atoms with van der Waals surface area (Å²) in [4.78, 5) is 22.2. The number of aromatic nitrogens is 2. The molecule has 42 heavy (non-hydrogen) atoms. The van der Waals surface area contributed by atoms with Crippen molar-refractivity contribution in [2.75, 3.05) is 12.3 Å². The Morgan fingerprint density at radius 3 is 2.36 bits per heavy atom. The molecule has 0 aliphatic heterocycles. The number of benzene rings is 3. The second-order valence-electron chi connectivity index (χ2n) is 9.82. The number of aliphatic hydroxyl groups is 1. The molecule has 3 aromatic carbocycles. The van der Waals surface area contributed by atoms with Crippen LogP contribution in [-0.4, -0.2) is 27.8 Å². The SMILES string of the molecule is Nc1cc(-c2cc(Cl)c(Sc3ncccc3CO)c(CNC(=O)OCC3c4ccccc4-c4ccccc43)c2)ccn1. The summed E-state index contributed by atoms with van der Waals surface area (Å²) < 4.78 is 5.76. The Labute approximate surface area is 252 Å². The van der Waals surface area contributed by atoms with Crippen LogP contribution in [0.1, 0.15) is 28.2 Å².